The van der Waals surface area contributed by atoms with Crippen LogP contribution in [0.5, 0.6) is 0 Å². The molecule has 1 atom stereocenters. The van der Waals surface area contributed by atoms with Gasteiger partial charge in [-0.1, -0.05) is 20.8 Å². The van der Waals surface area contributed by atoms with E-state index in [1.165, 1.54) is 23.5 Å². The Bertz CT molecular complexity index is 731. The van der Waals surface area contributed by atoms with Crippen molar-refractivity contribution in [2.45, 2.75) is 33.6 Å². The van der Waals surface area contributed by atoms with Gasteiger partial charge in [0, 0.05) is 23.8 Å². The molecule has 128 valence electrons. The van der Waals surface area contributed by atoms with Gasteiger partial charge in [-0.05, 0) is 29.7 Å². The van der Waals surface area contributed by atoms with E-state index in [2.05, 4.69) is 4.98 Å². The van der Waals surface area contributed by atoms with Crippen molar-refractivity contribution in [2.24, 2.45) is 11.3 Å². The molecule has 2 aromatic rings. The summed E-state index contributed by atoms with van der Waals surface area (Å²) in [7, 11) is 0. The number of aromatic nitrogens is 1. The molecule has 0 bridgehead atoms. The lowest BCUT2D eigenvalue weighted by molar-refractivity contribution is -0.147. The Morgan fingerprint density at radius 1 is 1.25 bits per heavy atom. The summed E-state index contributed by atoms with van der Waals surface area (Å²) in [4.78, 5) is 28.0. The highest BCUT2D eigenvalue weighted by Crippen LogP contribution is 2.30. The number of carbonyl (C=O) groups is 2. The first-order valence-electron chi connectivity index (χ1n) is 7.61. The fourth-order valence-electron chi connectivity index (χ4n) is 2.38. The van der Waals surface area contributed by atoms with Crippen LogP contribution in [0.1, 0.15) is 32.9 Å². The lowest BCUT2D eigenvalue weighted by Gasteiger charge is -2.26. The lowest BCUT2D eigenvalue weighted by Crippen LogP contribution is -2.31. The Morgan fingerprint density at radius 3 is 2.42 bits per heavy atom. The second-order valence-corrected chi connectivity index (χ2v) is 7.69. The summed E-state index contributed by atoms with van der Waals surface area (Å²) in [6.45, 7) is 5.44. The summed E-state index contributed by atoms with van der Waals surface area (Å²) in [6.07, 6.45) is 0.0970. The van der Waals surface area contributed by atoms with Gasteiger partial charge in [-0.25, -0.2) is 9.37 Å². The van der Waals surface area contributed by atoms with Gasteiger partial charge < -0.3 is 5.11 Å². The highest BCUT2D eigenvalue weighted by Gasteiger charge is 2.33. The summed E-state index contributed by atoms with van der Waals surface area (Å²) in [5.74, 6) is -2.14. The minimum atomic E-state index is -0.957. The number of carboxylic acid groups (broad SMARTS) is 1. The number of thiazole rings is 1. The Morgan fingerprint density at radius 2 is 1.88 bits per heavy atom. The van der Waals surface area contributed by atoms with Crippen LogP contribution in [-0.4, -0.2) is 21.8 Å². The molecule has 4 nitrogen and oxygen atoms in total. The maximum Gasteiger partial charge on any atom is 0.307 e. The van der Waals surface area contributed by atoms with Crippen LogP contribution in [0.2, 0.25) is 0 Å². The second-order valence-electron chi connectivity index (χ2n) is 6.83. The number of aliphatic carboxylic acids is 1. The monoisotopic (exact) mass is 349 g/mol. The van der Waals surface area contributed by atoms with Crippen molar-refractivity contribution >= 4 is 23.1 Å². The zero-order chi connectivity index (χ0) is 17.9. The van der Waals surface area contributed by atoms with Crippen LogP contribution in [0.15, 0.2) is 29.6 Å². The summed E-state index contributed by atoms with van der Waals surface area (Å²) in [5.41, 5.74) is 0.920. The molecule has 1 N–H and O–H groups in total. The van der Waals surface area contributed by atoms with E-state index in [1.807, 2.05) is 20.8 Å². The molecular weight excluding hydrogens is 329 g/mol. The number of carboxylic acids is 1. The van der Waals surface area contributed by atoms with Crippen LogP contribution in [0.3, 0.4) is 0 Å². The van der Waals surface area contributed by atoms with Gasteiger partial charge >= 0.3 is 5.97 Å². The summed E-state index contributed by atoms with van der Waals surface area (Å²) >= 11 is 1.38. The molecule has 1 aromatic heterocycles. The molecule has 24 heavy (non-hydrogen) atoms. The van der Waals surface area contributed by atoms with E-state index in [4.69, 9.17) is 0 Å². The average molecular weight is 349 g/mol. The molecule has 0 saturated heterocycles. The van der Waals surface area contributed by atoms with Gasteiger partial charge in [-0.2, -0.15) is 0 Å². The highest BCUT2D eigenvalue weighted by atomic mass is 32.1. The normalized spacial score (nSPS) is 12.8. The molecule has 1 unspecified atom stereocenters. The van der Waals surface area contributed by atoms with Crippen molar-refractivity contribution in [1.82, 2.24) is 4.98 Å². The number of ketones is 1. The molecule has 0 fully saturated rings. The third-order valence-electron chi connectivity index (χ3n) is 3.80. The smallest absolute Gasteiger partial charge is 0.307 e. The van der Waals surface area contributed by atoms with Crippen molar-refractivity contribution < 1.29 is 19.1 Å². The van der Waals surface area contributed by atoms with Crippen molar-refractivity contribution in [2.75, 3.05) is 0 Å². The molecule has 0 amide bonds. The van der Waals surface area contributed by atoms with E-state index in [0.29, 0.717) is 10.7 Å². The van der Waals surface area contributed by atoms with Gasteiger partial charge in [-0.3, -0.25) is 9.59 Å². The van der Waals surface area contributed by atoms with Gasteiger partial charge in [0.1, 0.15) is 16.6 Å². The number of benzene rings is 1. The molecule has 0 aliphatic heterocycles. The zero-order valence-corrected chi connectivity index (χ0v) is 14.7. The zero-order valence-electron chi connectivity index (χ0n) is 13.9. The lowest BCUT2D eigenvalue weighted by atomic mass is 9.77. The second kappa shape index (κ2) is 7.21. The largest absolute Gasteiger partial charge is 0.481 e. The molecule has 0 aliphatic rings. The van der Waals surface area contributed by atoms with Crippen LogP contribution in [0, 0.1) is 17.2 Å². The topological polar surface area (TPSA) is 67.3 Å². The first-order valence-corrected chi connectivity index (χ1v) is 8.49. The molecule has 2 rings (SSSR count). The molecule has 0 radical (unpaired) electrons. The first-order chi connectivity index (χ1) is 11.2. The van der Waals surface area contributed by atoms with E-state index in [-0.39, 0.29) is 24.4 Å². The molecular formula is C18H20FNO3S. The minimum Gasteiger partial charge on any atom is -0.481 e. The highest BCUT2D eigenvalue weighted by molar-refractivity contribution is 7.13. The molecule has 1 aromatic carbocycles. The van der Waals surface area contributed by atoms with Crippen molar-refractivity contribution in [3.63, 3.8) is 0 Å². The number of nitrogens with zero attached hydrogens (tertiary/aromatic N) is 1. The van der Waals surface area contributed by atoms with Crippen LogP contribution in [0.25, 0.3) is 10.6 Å². The maximum absolute atomic E-state index is 13.0. The van der Waals surface area contributed by atoms with Crippen molar-refractivity contribution in [1.29, 1.82) is 0 Å². The SMILES string of the molecule is CC(C)(C)C(CC(=O)Cc1csc(-c2ccc(F)cc2)n1)C(=O)O. The molecule has 6 heteroatoms. The molecule has 0 spiro atoms. The third-order valence-corrected chi connectivity index (χ3v) is 4.74. The number of Topliss-reactive ketones (excluding diaryl/α,β-unsaturated/α-hetero) is 1. The molecule has 0 aliphatic carbocycles. The van der Waals surface area contributed by atoms with Gasteiger partial charge in [0.05, 0.1) is 11.6 Å². The van der Waals surface area contributed by atoms with Crippen LogP contribution in [0.4, 0.5) is 4.39 Å². The van der Waals surface area contributed by atoms with Crippen molar-refractivity contribution in [3.8, 4) is 10.6 Å². The van der Waals surface area contributed by atoms with Crippen molar-refractivity contribution in [3.05, 3.63) is 41.2 Å². The fraction of sp³-hybridized carbons (Fsp3) is 0.389. The Hall–Kier alpha value is -2.08. The Labute approximate surface area is 144 Å². The third kappa shape index (κ3) is 4.71. The summed E-state index contributed by atoms with van der Waals surface area (Å²) in [6, 6.07) is 6.00. The standard InChI is InChI=1S/C18H20FNO3S/c1-18(2,3)15(17(22)23)9-14(21)8-13-10-24-16(20-13)11-4-6-12(19)7-5-11/h4-7,10,15H,8-9H2,1-3H3,(H,22,23). The summed E-state index contributed by atoms with van der Waals surface area (Å²) in [5, 5.41) is 11.8. The first kappa shape index (κ1) is 18.3. The van der Waals surface area contributed by atoms with E-state index < -0.39 is 17.3 Å². The molecule has 0 saturated carbocycles. The van der Waals surface area contributed by atoms with Crippen LogP contribution < -0.4 is 0 Å². The van der Waals surface area contributed by atoms with Crippen LogP contribution >= 0.6 is 11.3 Å². The van der Waals surface area contributed by atoms with E-state index >= 15 is 0 Å². The number of hydrogen-bond acceptors (Lipinski definition) is 4. The van der Waals surface area contributed by atoms with E-state index in [0.717, 1.165) is 5.56 Å². The number of hydrogen-bond donors (Lipinski definition) is 1. The van der Waals surface area contributed by atoms with Gasteiger partial charge in [-0.15, -0.1) is 11.3 Å². The summed E-state index contributed by atoms with van der Waals surface area (Å²) < 4.78 is 13.0. The predicted octanol–water partition coefficient (Wildman–Crippen LogP) is 4.20. The average Bonchev–Trinajstić information content (AvgIpc) is 2.92. The maximum atomic E-state index is 13.0. The minimum absolute atomic E-state index is 0.0117. The number of rotatable bonds is 6. The van der Waals surface area contributed by atoms with Crippen LogP contribution in [-0.2, 0) is 16.0 Å². The number of halogens is 1. The Kier molecular flexibility index (Phi) is 5.49. The van der Waals surface area contributed by atoms with E-state index in [1.54, 1.807) is 17.5 Å². The van der Waals surface area contributed by atoms with Gasteiger partial charge in [0.15, 0.2) is 0 Å². The number of carbonyl (C=O) groups excluding carboxylic acids is 1. The van der Waals surface area contributed by atoms with Gasteiger partial charge in [0.25, 0.3) is 0 Å². The molecule has 1 heterocycles. The Balaban J connectivity index is 2.05. The van der Waals surface area contributed by atoms with Gasteiger partial charge in [0.2, 0.25) is 0 Å². The fourth-order valence-corrected chi connectivity index (χ4v) is 3.20. The van der Waals surface area contributed by atoms with E-state index in [9.17, 15) is 19.1 Å². The quantitative estimate of drug-likeness (QED) is 0.849. The predicted molar refractivity (Wildman–Crippen MR) is 91.4 cm³/mol.